The van der Waals surface area contributed by atoms with Crippen LogP contribution in [-0.4, -0.2) is 48.6 Å². The van der Waals surface area contributed by atoms with Gasteiger partial charge in [0.1, 0.15) is 0 Å². The third-order valence-corrected chi connectivity index (χ3v) is 3.33. The Labute approximate surface area is 111 Å². The molecule has 1 aliphatic heterocycles. The van der Waals surface area contributed by atoms with E-state index in [4.69, 9.17) is 0 Å². The Kier molecular flexibility index (Phi) is 6.09. The zero-order valence-electron chi connectivity index (χ0n) is 12.4. The Morgan fingerprint density at radius 2 is 1.89 bits per heavy atom. The molecular weight excluding hydrogens is 226 g/mol. The Morgan fingerprint density at radius 1 is 1.28 bits per heavy atom. The van der Waals surface area contributed by atoms with Crippen LogP contribution in [0.4, 0.5) is 0 Å². The van der Waals surface area contributed by atoms with Crippen molar-refractivity contribution in [1.29, 1.82) is 0 Å². The van der Waals surface area contributed by atoms with E-state index in [0.29, 0.717) is 12.5 Å². The van der Waals surface area contributed by atoms with Crippen molar-refractivity contribution in [2.75, 3.05) is 26.2 Å². The second kappa shape index (κ2) is 7.10. The summed E-state index contributed by atoms with van der Waals surface area (Å²) in [4.78, 5) is 14.1. The van der Waals surface area contributed by atoms with Gasteiger partial charge in [-0.3, -0.25) is 4.79 Å². The van der Waals surface area contributed by atoms with Crippen LogP contribution in [0.1, 0.15) is 47.0 Å². The number of piperidine rings is 1. The third kappa shape index (κ3) is 6.36. The highest BCUT2D eigenvalue weighted by Gasteiger charge is 2.18. The van der Waals surface area contributed by atoms with Crippen LogP contribution in [-0.2, 0) is 4.79 Å². The quantitative estimate of drug-likeness (QED) is 0.780. The van der Waals surface area contributed by atoms with Crippen LogP contribution in [0.5, 0.6) is 0 Å². The minimum Gasteiger partial charge on any atom is -0.351 e. The van der Waals surface area contributed by atoms with Crippen molar-refractivity contribution in [2.45, 2.75) is 58.5 Å². The number of carbonyl (C=O) groups is 1. The monoisotopic (exact) mass is 255 g/mol. The molecule has 0 aromatic carbocycles. The summed E-state index contributed by atoms with van der Waals surface area (Å²) in [5, 5.41) is 6.48. The van der Waals surface area contributed by atoms with E-state index in [2.05, 4.69) is 22.5 Å². The molecule has 18 heavy (non-hydrogen) atoms. The van der Waals surface area contributed by atoms with Crippen molar-refractivity contribution >= 4 is 5.91 Å². The Bertz CT molecular complexity index is 252. The topological polar surface area (TPSA) is 44.4 Å². The van der Waals surface area contributed by atoms with E-state index < -0.39 is 0 Å². The first-order valence-electron chi connectivity index (χ1n) is 7.17. The number of amides is 1. The van der Waals surface area contributed by atoms with Gasteiger partial charge in [0.2, 0.25) is 5.91 Å². The van der Waals surface area contributed by atoms with Crippen LogP contribution in [0.3, 0.4) is 0 Å². The number of carbonyl (C=O) groups excluding carboxylic acids is 1. The molecule has 1 aliphatic rings. The van der Waals surface area contributed by atoms with Crippen LogP contribution in [0.15, 0.2) is 0 Å². The van der Waals surface area contributed by atoms with Gasteiger partial charge in [-0.05, 0) is 53.2 Å². The van der Waals surface area contributed by atoms with Crippen molar-refractivity contribution in [3.05, 3.63) is 0 Å². The lowest BCUT2D eigenvalue weighted by molar-refractivity contribution is -0.122. The van der Waals surface area contributed by atoms with E-state index in [1.807, 2.05) is 20.8 Å². The van der Waals surface area contributed by atoms with Gasteiger partial charge in [0, 0.05) is 24.5 Å². The Balaban J connectivity index is 2.10. The molecule has 106 valence electrons. The fourth-order valence-corrected chi connectivity index (χ4v) is 2.32. The number of hydrogen-bond donors (Lipinski definition) is 2. The van der Waals surface area contributed by atoms with Gasteiger partial charge in [0.15, 0.2) is 0 Å². The lowest BCUT2D eigenvalue weighted by Gasteiger charge is -2.31. The standard InChI is InChI=1S/C14H29N3O/c1-5-17-10-7-12(8-11-17)15-9-6-13(18)16-14(2,3)4/h12,15H,5-11H2,1-4H3,(H,16,18). The smallest absolute Gasteiger partial charge is 0.221 e. The fourth-order valence-electron chi connectivity index (χ4n) is 2.32. The normalized spacial score (nSPS) is 18.9. The predicted octanol–water partition coefficient (Wildman–Crippen LogP) is 1.37. The van der Waals surface area contributed by atoms with Gasteiger partial charge in [0.05, 0.1) is 0 Å². The highest BCUT2D eigenvalue weighted by atomic mass is 16.1. The molecule has 1 fully saturated rings. The SMILES string of the molecule is CCN1CCC(NCCC(=O)NC(C)(C)C)CC1. The van der Waals surface area contributed by atoms with E-state index in [9.17, 15) is 4.79 Å². The zero-order chi connectivity index (χ0) is 13.6. The number of rotatable bonds is 5. The first-order chi connectivity index (χ1) is 8.40. The van der Waals surface area contributed by atoms with Crippen LogP contribution in [0, 0.1) is 0 Å². The number of hydrogen-bond acceptors (Lipinski definition) is 3. The van der Waals surface area contributed by atoms with Crippen molar-refractivity contribution in [3.63, 3.8) is 0 Å². The van der Waals surface area contributed by atoms with Crippen LogP contribution in [0.2, 0.25) is 0 Å². The average Bonchev–Trinajstić information content (AvgIpc) is 2.27. The van der Waals surface area contributed by atoms with Crippen molar-refractivity contribution < 1.29 is 4.79 Å². The molecule has 1 saturated heterocycles. The molecule has 1 heterocycles. The summed E-state index contributed by atoms with van der Waals surface area (Å²) >= 11 is 0. The Hall–Kier alpha value is -0.610. The molecule has 0 bridgehead atoms. The largest absolute Gasteiger partial charge is 0.351 e. The van der Waals surface area contributed by atoms with Gasteiger partial charge in [-0.2, -0.15) is 0 Å². The maximum absolute atomic E-state index is 11.6. The summed E-state index contributed by atoms with van der Waals surface area (Å²) in [6.45, 7) is 12.6. The second-order valence-corrected chi connectivity index (χ2v) is 6.21. The molecule has 0 aromatic heterocycles. The summed E-state index contributed by atoms with van der Waals surface area (Å²) in [5.74, 6) is 0.140. The van der Waals surface area contributed by atoms with Gasteiger partial charge in [-0.1, -0.05) is 6.92 Å². The molecule has 0 atom stereocenters. The van der Waals surface area contributed by atoms with Crippen molar-refractivity contribution in [1.82, 2.24) is 15.5 Å². The molecule has 0 radical (unpaired) electrons. The molecule has 4 heteroatoms. The molecular formula is C14H29N3O. The van der Waals surface area contributed by atoms with E-state index in [-0.39, 0.29) is 11.4 Å². The molecule has 1 amide bonds. The highest BCUT2D eigenvalue weighted by molar-refractivity contribution is 5.76. The summed E-state index contributed by atoms with van der Waals surface area (Å²) in [6, 6.07) is 0.593. The van der Waals surface area contributed by atoms with Gasteiger partial charge in [0.25, 0.3) is 0 Å². The summed E-state index contributed by atoms with van der Waals surface area (Å²) < 4.78 is 0. The van der Waals surface area contributed by atoms with E-state index in [1.54, 1.807) is 0 Å². The van der Waals surface area contributed by atoms with Crippen LogP contribution in [0.25, 0.3) is 0 Å². The molecule has 0 spiro atoms. The Morgan fingerprint density at radius 3 is 2.39 bits per heavy atom. The fraction of sp³-hybridized carbons (Fsp3) is 0.929. The van der Waals surface area contributed by atoms with Crippen molar-refractivity contribution in [3.8, 4) is 0 Å². The second-order valence-electron chi connectivity index (χ2n) is 6.21. The van der Waals surface area contributed by atoms with Gasteiger partial charge in [-0.25, -0.2) is 0 Å². The molecule has 0 aliphatic carbocycles. The molecule has 1 rings (SSSR count). The first-order valence-corrected chi connectivity index (χ1v) is 7.17. The van der Waals surface area contributed by atoms with Gasteiger partial charge >= 0.3 is 0 Å². The number of nitrogens with one attached hydrogen (secondary N) is 2. The predicted molar refractivity (Wildman–Crippen MR) is 75.7 cm³/mol. The van der Waals surface area contributed by atoms with E-state index >= 15 is 0 Å². The molecule has 0 saturated carbocycles. The summed E-state index contributed by atoms with van der Waals surface area (Å²) in [7, 11) is 0. The van der Waals surface area contributed by atoms with E-state index in [1.165, 1.54) is 25.9 Å². The van der Waals surface area contributed by atoms with Crippen LogP contribution >= 0.6 is 0 Å². The molecule has 2 N–H and O–H groups in total. The molecule has 0 unspecified atom stereocenters. The summed E-state index contributed by atoms with van der Waals surface area (Å²) in [6.07, 6.45) is 2.98. The van der Waals surface area contributed by atoms with E-state index in [0.717, 1.165) is 13.1 Å². The molecule has 0 aromatic rings. The highest BCUT2D eigenvalue weighted by Crippen LogP contribution is 2.09. The van der Waals surface area contributed by atoms with Gasteiger partial charge in [-0.15, -0.1) is 0 Å². The lowest BCUT2D eigenvalue weighted by Crippen LogP contribution is -2.45. The van der Waals surface area contributed by atoms with Gasteiger partial charge < -0.3 is 15.5 Å². The lowest BCUT2D eigenvalue weighted by atomic mass is 10.0. The summed E-state index contributed by atoms with van der Waals surface area (Å²) in [5.41, 5.74) is -0.121. The zero-order valence-corrected chi connectivity index (χ0v) is 12.4. The third-order valence-electron chi connectivity index (χ3n) is 3.33. The maximum Gasteiger partial charge on any atom is 0.221 e. The van der Waals surface area contributed by atoms with Crippen LogP contribution < -0.4 is 10.6 Å². The minimum absolute atomic E-state index is 0.121. The average molecular weight is 255 g/mol. The maximum atomic E-state index is 11.6. The number of nitrogens with zero attached hydrogens (tertiary/aromatic N) is 1. The van der Waals surface area contributed by atoms with Crippen molar-refractivity contribution in [2.24, 2.45) is 0 Å². The minimum atomic E-state index is -0.121. The number of likely N-dealkylation sites (tertiary alicyclic amines) is 1. The first kappa shape index (κ1) is 15.4. The molecule has 4 nitrogen and oxygen atoms in total.